The SMILES string of the molecule is CCCOc1cnc(C(=O)Nc2cc(-c3ccc(F)nc3)ccc2N)cn1. The predicted molar refractivity (Wildman–Crippen MR) is 99.8 cm³/mol. The summed E-state index contributed by atoms with van der Waals surface area (Å²) in [5.74, 6) is -0.656. The Morgan fingerprint density at radius 1 is 1.11 bits per heavy atom. The van der Waals surface area contributed by atoms with Crippen LogP contribution in [0.3, 0.4) is 0 Å². The third kappa shape index (κ3) is 4.55. The van der Waals surface area contributed by atoms with Crippen molar-refractivity contribution >= 4 is 17.3 Å². The Hall–Kier alpha value is -3.55. The van der Waals surface area contributed by atoms with Gasteiger partial charge in [0, 0.05) is 11.8 Å². The molecule has 3 rings (SSSR count). The number of halogens is 1. The van der Waals surface area contributed by atoms with Crippen LogP contribution >= 0.6 is 0 Å². The third-order valence-electron chi connectivity index (χ3n) is 3.68. The standard InChI is InChI=1S/C19H18FN5O2/c1-2-7-27-18-11-22-16(10-24-18)19(26)25-15-8-12(3-5-14(15)21)13-4-6-17(20)23-9-13/h3-6,8-11H,2,7,21H2,1H3,(H,25,26). The highest BCUT2D eigenvalue weighted by Gasteiger charge is 2.12. The van der Waals surface area contributed by atoms with Crippen LogP contribution < -0.4 is 15.8 Å². The van der Waals surface area contributed by atoms with Gasteiger partial charge in [-0.15, -0.1) is 0 Å². The van der Waals surface area contributed by atoms with Crippen molar-refractivity contribution in [2.24, 2.45) is 0 Å². The van der Waals surface area contributed by atoms with Gasteiger partial charge < -0.3 is 15.8 Å². The summed E-state index contributed by atoms with van der Waals surface area (Å²) in [7, 11) is 0. The van der Waals surface area contributed by atoms with Crippen molar-refractivity contribution < 1.29 is 13.9 Å². The second-order valence-corrected chi connectivity index (χ2v) is 5.71. The average Bonchev–Trinajstić information content (AvgIpc) is 2.69. The fraction of sp³-hybridized carbons (Fsp3) is 0.158. The molecule has 8 heteroatoms. The van der Waals surface area contributed by atoms with Gasteiger partial charge in [-0.25, -0.2) is 15.0 Å². The maximum absolute atomic E-state index is 13.0. The number of amides is 1. The molecule has 0 spiro atoms. The quantitative estimate of drug-likeness (QED) is 0.512. The largest absolute Gasteiger partial charge is 0.477 e. The van der Waals surface area contributed by atoms with E-state index in [4.69, 9.17) is 10.5 Å². The number of nitrogens with zero attached hydrogens (tertiary/aromatic N) is 3. The maximum atomic E-state index is 13.0. The van der Waals surface area contributed by atoms with Gasteiger partial charge in [0.2, 0.25) is 11.8 Å². The molecule has 3 aromatic rings. The first-order valence-electron chi connectivity index (χ1n) is 8.34. The van der Waals surface area contributed by atoms with Crippen LogP contribution in [0.25, 0.3) is 11.1 Å². The van der Waals surface area contributed by atoms with Crippen LogP contribution in [0, 0.1) is 5.95 Å². The maximum Gasteiger partial charge on any atom is 0.275 e. The van der Waals surface area contributed by atoms with Crippen LogP contribution in [0.15, 0.2) is 48.9 Å². The van der Waals surface area contributed by atoms with Gasteiger partial charge in [-0.1, -0.05) is 13.0 Å². The van der Waals surface area contributed by atoms with E-state index in [1.54, 1.807) is 24.3 Å². The molecule has 0 atom stereocenters. The fourth-order valence-electron chi connectivity index (χ4n) is 2.29. The van der Waals surface area contributed by atoms with Gasteiger partial charge in [0.15, 0.2) is 0 Å². The molecule has 0 saturated heterocycles. The van der Waals surface area contributed by atoms with Gasteiger partial charge >= 0.3 is 0 Å². The average molecular weight is 367 g/mol. The fourth-order valence-corrected chi connectivity index (χ4v) is 2.29. The Kier molecular flexibility index (Phi) is 5.55. The number of rotatable bonds is 6. The number of ether oxygens (including phenoxy) is 1. The molecular weight excluding hydrogens is 349 g/mol. The molecule has 138 valence electrons. The van der Waals surface area contributed by atoms with Crippen molar-refractivity contribution in [1.82, 2.24) is 15.0 Å². The summed E-state index contributed by atoms with van der Waals surface area (Å²) < 4.78 is 18.3. The van der Waals surface area contributed by atoms with Crippen LogP contribution in [-0.2, 0) is 0 Å². The minimum atomic E-state index is -0.562. The van der Waals surface area contributed by atoms with E-state index in [0.29, 0.717) is 29.4 Å². The highest BCUT2D eigenvalue weighted by molar-refractivity contribution is 6.04. The van der Waals surface area contributed by atoms with E-state index < -0.39 is 11.9 Å². The molecule has 3 N–H and O–H groups in total. The van der Waals surface area contributed by atoms with Gasteiger partial charge in [0.1, 0.15) is 5.69 Å². The van der Waals surface area contributed by atoms with E-state index in [1.165, 1.54) is 24.7 Å². The van der Waals surface area contributed by atoms with Crippen molar-refractivity contribution in [3.63, 3.8) is 0 Å². The van der Waals surface area contributed by atoms with Gasteiger partial charge in [-0.3, -0.25) is 4.79 Å². The lowest BCUT2D eigenvalue weighted by atomic mass is 10.1. The van der Waals surface area contributed by atoms with Gasteiger partial charge in [0.05, 0.1) is 30.4 Å². The zero-order valence-corrected chi connectivity index (χ0v) is 14.6. The normalized spacial score (nSPS) is 10.4. The number of nitrogens with one attached hydrogen (secondary N) is 1. The smallest absolute Gasteiger partial charge is 0.275 e. The number of carbonyl (C=O) groups is 1. The number of anilines is 2. The Morgan fingerprint density at radius 3 is 2.59 bits per heavy atom. The molecule has 1 aromatic carbocycles. The lowest BCUT2D eigenvalue weighted by Gasteiger charge is -2.10. The second kappa shape index (κ2) is 8.22. The number of benzene rings is 1. The lowest BCUT2D eigenvalue weighted by Crippen LogP contribution is -2.15. The van der Waals surface area contributed by atoms with E-state index in [0.717, 1.165) is 12.0 Å². The molecule has 0 aliphatic heterocycles. The number of pyridine rings is 1. The van der Waals surface area contributed by atoms with Crippen molar-refractivity contribution in [1.29, 1.82) is 0 Å². The van der Waals surface area contributed by atoms with Crippen LogP contribution in [0.4, 0.5) is 15.8 Å². The number of nitrogens with two attached hydrogens (primary N) is 1. The molecule has 0 bridgehead atoms. The number of aromatic nitrogens is 3. The molecular formula is C19H18FN5O2. The molecule has 0 radical (unpaired) electrons. The molecule has 0 aliphatic carbocycles. The summed E-state index contributed by atoms with van der Waals surface area (Å²) in [5.41, 5.74) is 8.32. The van der Waals surface area contributed by atoms with Crippen molar-refractivity contribution in [3.05, 3.63) is 60.6 Å². The Morgan fingerprint density at radius 2 is 1.93 bits per heavy atom. The highest BCUT2D eigenvalue weighted by Crippen LogP contribution is 2.27. The summed E-state index contributed by atoms with van der Waals surface area (Å²) in [6.45, 7) is 2.51. The second-order valence-electron chi connectivity index (χ2n) is 5.71. The van der Waals surface area contributed by atoms with Crippen LogP contribution in [0.2, 0.25) is 0 Å². The third-order valence-corrected chi connectivity index (χ3v) is 3.68. The molecule has 0 aliphatic rings. The predicted octanol–water partition coefficient (Wildman–Crippen LogP) is 3.30. The number of hydrogen-bond acceptors (Lipinski definition) is 6. The summed E-state index contributed by atoms with van der Waals surface area (Å²) in [6.07, 6.45) is 4.99. The van der Waals surface area contributed by atoms with Crippen LogP contribution in [-0.4, -0.2) is 27.5 Å². The van der Waals surface area contributed by atoms with E-state index in [9.17, 15) is 9.18 Å². The Balaban J connectivity index is 1.77. The zero-order valence-electron chi connectivity index (χ0n) is 14.6. The van der Waals surface area contributed by atoms with Gasteiger partial charge in [-0.2, -0.15) is 4.39 Å². The van der Waals surface area contributed by atoms with Crippen molar-refractivity contribution in [2.75, 3.05) is 17.7 Å². The number of nitrogen functional groups attached to an aromatic ring is 1. The first-order chi connectivity index (χ1) is 13.1. The van der Waals surface area contributed by atoms with Gasteiger partial charge in [-0.05, 0) is 36.2 Å². The first-order valence-corrected chi connectivity index (χ1v) is 8.34. The molecule has 0 fully saturated rings. The Labute approximate surface area is 155 Å². The zero-order chi connectivity index (χ0) is 19.2. The molecule has 2 aromatic heterocycles. The molecule has 0 saturated carbocycles. The van der Waals surface area contributed by atoms with E-state index >= 15 is 0 Å². The lowest BCUT2D eigenvalue weighted by molar-refractivity contribution is 0.102. The monoisotopic (exact) mass is 367 g/mol. The van der Waals surface area contributed by atoms with Crippen LogP contribution in [0.5, 0.6) is 5.88 Å². The number of hydrogen-bond donors (Lipinski definition) is 2. The highest BCUT2D eigenvalue weighted by atomic mass is 19.1. The summed E-state index contributed by atoms with van der Waals surface area (Å²) in [5, 5.41) is 2.71. The molecule has 7 nitrogen and oxygen atoms in total. The minimum absolute atomic E-state index is 0.132. The molecule has 0 unspecified atom stereocenters. The van der Waals surface area contributed by atoms with E-state index in [2.05, 4.69) is 20.3 Å². The Bertz CT molecular complexity index is 930. The summed E-state index contributed by atoms with van der Waals surface area (Å²) in [6, 6.07) is 7.97. The molecule has 2 heterocycles. The van der Waals surface area contributed by atoms with E-state index in [1.807, 2.05) is 6.92 Å². The van der Waals surface area contributed by atoms with Gasteiger partial charge in [0.25, 0.3) is 5.91 Å². The van der Waals surface area contributed by atoms with Crippen molar-refractivity contribution in [2.45, 2.75) is 13.3 Å². The number of carbonyl (C=O) groups excluding carboxylic acids is 1. The summed E-state index contributed by atoms with van der Waals surface area (Å²) >= 11 is 0. The molecule has 1 amide bonds. The topological polar surface area (TPSA) is 103 Å². The molecule has 27 heavy (non-hydrogen) atoms. The first kappa shape index (κ1) is 18.2. The van der Waals surface area contributed by atoms with E-state index in [-0.39, 0.29) is 5.69 Å². The summed E-state index contributed by atoms with van der Waals surface area (Å²) in [4.78, 5) is 24.2. The minimum Gasteiger partial charge on any atom is -0.477 e. The van der Waals surface area contributed by atoms with Crippen LogP contribution in [0.1, 0.15) is 23.8 Å². The van der Waals surface area contributed by atoms with Crippen molar-refractivity contribution in [3.8, 4) is 17.0 Å².